The number of rotatable bonds is 9. The molecule has 1 unspecified atom stereocenters. The van der Waals surface area contributed by atoms with Gasteiger partial charge >= 0.3 is 0 Å². The van der Waals surface area contributed by atoms with Crippen LogP contribution in [0.3, 0.4) is 0 Å². The molecule has 2 aliphatic rings. The molecule has 2 aliphatic heterocycles. The van der Waals surface area contributed by atoms with E-state index < -0.39 is 11.6 Å². The largest absolute Gasteiger partial charge is 0.505 e. The van der Waals surface area contributed by atoms with Crippen LogP contribution in [-0.4, -0.2) is 77.3 Å². The third-order valence-electron chi connectivity index (χ3n) is 11.0. The minimum Gasteiger partial charge on any atom is -0.505 e. The number of phenols is 1. The molecular formula is C44H44FN5O5. The molecule has 7 rings (SSSR count). The van der Waals surface area contributed by atoms with Crippen molar-refractivity contribution >= 4 is 17.5 Å². The van der Waals surface area contributed by atoms with Gasteiger partial charge in [0.1, 0.15) is 5.75 Å². The number of carbonyl (C=O) groups is 2. The molecule has 2 amide bonds. The average Bonchev–Trinajstić information content (AvgIpc) is 3.50. The Morgan fingerprint density at radius 1 is 0.982 bits per heavy atom. The maximum Gasteiger partial charge on any atom is 0.260 e. The summed E-state index contributed by atoms with van der Waals surface area (Å²) < 4.78 is 28.3. The molecule has 1 N–H and O–H groups in total. The highest BCUT2D eigenvalue weighted by Crippen LogP contribution is 2.36. The second kappa shape index (κ2) is 15.8. The van der Waals surface area contributed by atoms with Crippen LogP contribution in [0.4, 0.5) is 10.1 Å². The second-order valence-electron chi connectivity index (χ2n) is 14.2. The van der Waals surface area contributed by atoms with Gasteiger partial charge in [-0.1, -0.05) is 36.4 Å². The zero-order chi connectivity index (χ0) is 38.8. The molecule has 10 nitrogen and oxygen atoms in total. The quantitative estimate of drug-likeness (QED) is 0.177. The van der Waals surface area contributed by atoms with E-state index in [0.29, 0.717) is 66.7 Å². The van der Waals surface area contributed by atoms with Crippen molar-refractivity contribution in [3.63, 3.8) is 0 Å². The van der Waals surface area contributed by atoms with Crippen LogP contribution >= 0.6 is 0 Å². The summed E-state index contributed by atoms with van der Waals surface area (Å²) in [7, 11) is 3.38. The van der Waals surface area contributed by atoms with Crippen molar-refractivity contribution in [2.24, 2.45) is 7.05 Å². The van der Waals surface area contributed by atoms with Gasteiger partial charge in [0.05, 0.1) is 49.6 Å². The van der Waals surface area contributed by atoms with Crippen LogP contribution in [0.2, 0.25) is 0 Å². The van der Waals surface area contributed by atoms with Gasteiger partial charge in [-0.25, -0.2) is 4.39 Å². The maximum atomic E-state index is 15.4. The average molecular weight is 742 g/mol. The fraction of sp³-hybridized carbons (Fsp3) is 0.295. The highest BCUT2D eigenvalue weighted by Gasteiger charge is 2.34. The number of benzene rings is 4. The Kier molecular flexibility index (Phi) is 10.7. The fourth-order valence-electron chi connectivity index (χ4n) is 7.71. The molecular weight excluding hydrogens is 698 g/mol. The van der Waals surface area contributed by atoms with Crippen molar-refractivity contribution < 1.29 is 28.6 Å². The topological polar surface area (TPSA) is 111 Å². The van der Waals surface area contributed by atoms with Gasteiger partial charge in [0.25, 0.3) is 11.8 Å². The molecule has 1 fully saturated rings. The van der Waals surface area contributed by atoms with Crippen LogP contribution < -0.4 is 9.64 Å². The lowest BCUT2D eigenvalue weighted by atomic mass is 9.92. The number of nitriles is 1. The first kappa shape index (κ1) is 37.4. The molecule has 0 spiro atoms. The summed E-state index contributed by atoms with van der Waals surface area (Å²) in [6, 6.07) is 26.6. The number of methoxy groups -OCH3 is 1. The minimum atomic E-state index is -0.875. The second-order valence-corrected chi connectivity index (χ2v) is 14.2. The first-order chi connectivity index (χ1) is 26.6. The van der Waals surface area contributed by atoms with Crippen molar-refractivity contribution in [3.8, 4) is 28.8 Å². The number of phenolic OH excluding ortho intramolecular Hbond substituents is 1. The van der Waals surface area contributed by atoms with E-state index in [9.17, 15) is 20.0 Å². The molecule has 11 heteroatoms. The summed E-state index contributed by atoms with van der Waals surface area (Å²) in [6.07, 6.45) is 0.654. The predicted molar refractivity (Wildman–Crippen MR) is 208 cm³/mol. The third-order valence-corrected chi connectivity index (χ3v) is 11.0. The molecule has 1 saturated heterocycles. The zero-order valence-electron chi connectivity index (χ0n) is 31.5. The number of nitrogens with zero attached hydrogens (tertiary/aromatic N) is 5. The summed E-state index contributed by atoms with van der Waals surface area (Å²) in [5.41, 5.74) is 6.83. The number of morpholine rings is 1. The van der Waals surface area contributed by atoms with Gasteiger partial charge < -0.3 is 28.9 Å². The van der Waals surface area contributed by atoms with E-state index in [1.54, 1.807) is 54.0 Å². The van der Waals surface area contributed by atoms with Crippen molar-refractivity contribution in [1.29, 1.82) is 5.26 Å². The molecule has 0 radical (unpaired) electrons. The van der Waals surface area contributed by atoms with Crippen LogP contribution in [-0.2, 0) is 31.3 Å². The summed E-state index contributed by atoms with van der Waals surface area (Å²) in [5, 5.41) is 20.1. The van der Waals surface area contributed by atoms with E-state index >= 15 is 4.39 Å². The van der Waals surface area contributed by atoms with Crippen molar-refractivity contribution in [2.45, 2.75) is 39.4 Å². The Bertz CT molecular complexity index is 2290. The van der Waals surface area contributed by atoms with Gasteiger partial charge in [0.2, 0.25) is 0 Å². The van der Waals surface area contributed by atoms with Gasteiger partial charge in [-0.2, -0.15) is 5.26 Å². The van der Waals surface area contributed by atoms with Gasteiger partial charge in [-0.3, -0.25) is 14.5 Å². The smallest absolute Gasteiger partial charge is 0.260 e. The Balaban J connectivity index is 1.29. The highest BCUT2D eigenvalue weighted by atomic mass is 19.1. The van der Waals surface area contributed by atoms with Crippen molar-refractivity contribution in [2.75, 3.05) is 44.9 Å². The first-order valence-corrected chi connectivity index (χ1v) is 18.4. The molecule has 0 aliphatic carbocycles. The van der Waals surface area contributed by atoms with Crippen molar-refractivity contribution in [3.05, 3.63) is 135 Å². The maximum absolute atomic E-state index is 15.4. The van der Waals surface area contributed by atoms with E-state index in [4.69, 9.17) is 9.47 Å². The van der Waals surface area contributed by atoms with Crippen LogP contribution in [0, 0.1) is 31.0 Å². The van der Waals surface area contributed by atoms with Gasteiger partial charge in [0, 0.05) is 61.9 Å². The molecule has 4 aromatic carbocycles. The van der Waals surface area contributed by atoms with Crippen LogP contribution in [0.25, 0.3) is 11.3 Å². The van der Waals surface area contributed by atoms with E-state index in [0.717, 1.165) is 29.8 Å². The standard InChI is InChI=1S/C44H44FN5O5/c1-28-32(10-7-11-42(28)54-4)25-49(34-14-12-30(24-46)13-15-34)43(52)36-22-40(47(3)29(36)2)37-21-39(45)41(51)23-38(37)44(53)50-26-33-9-6-5-8-31(33)20-35(50)27-48-16-18-55-19-17-48/h5-15,21-23,35,51H,16-20,25-27H2,1-4H3. The SMILES string of the molecule is COc1cccc(CN(C(=O)c2cc(-c3cc(F)c(O)cc3C(=O)N3Cc4ccccc4CC3CN3CCOCC3)n(C)c2C)c2ccc(C#N)cc2)c1C. The molecule has 55 heavy (non-hydrogen) atoms. The summed E-state index contributed by atoms with van der Waals surface area (Å²) in [5.74, 6) is -1.47. The molecule has 3 heterocycles. The summed E-state index contributed by atoms with van der Waals surface area (Å²) >= 11 is 0. The molecule has 1 aromatic heterocycles. The van der Waals surface area contributed by atoms with E-state index in [-0.39, 0.29) is 35.5 Å². The van der Waals surface area contributed by atoms with E-state index in [1.165, 1.54) is 17.7 Å². The third kappa shape index (κ3) is 7.43. The lowest BCUT2D eigenvalue weighted by Gasteiger charge is -2.40. The molecule has 0 bridgehead atoms. The van der Waals surface area contributed by atoms with E-state index in [2.05, 4.69) is 17.0 Å². The number of hydrogen-bond acceptors (Lipinski definition) is 7. The van der Waals surface area contributed by atoms with Gasteiger partial charge in [-0.15, -0.1) is 0 Å². The fourth-order valence-corrected chi connectivity index (χ4v) is 7.71. The van der Waals surface area contributed by atoms with Crippen molar-refractivity contribution in [1.82, 2.24) is 14.4 Å². The number of fused-ring (bicyclic) bond motifs is 1. The number of anilines is 1. The summed E-state index contributed by atoms with van der Waals surface area (Å²) in [6.45, 7) is 7.74. The molecule has 0 saturated carbocycles. The first-order valence-electron chi connectivity index (χ1n) is 18.4. The van der Waals surface area contributed by atoms with E-state index in [1.807, 2.05) is 55.1 Å². The van der Waals surface area contributed by atoms with Gasteiger partial charge in [-0.05, 0) is 91.1 Å². The van der Waals surface area contributed by atoms with Crippen LogP contribution in [0.5, 0.6) is 11.5 Å². The normalized spacial score (nSPS) is 15.6. The molecule has 1 atom stereocenters. The van der Waals surface area contributed by atoms with Gasteiger partial charge in [0.15, 0.2) is 11.6 Å². The zero-order valence-corrected chi connectivity index (χ0v) is 31.5. The predicted octanol–water partition coefficient (Wildman–Crippen LogP) is 6.78. The minimum absolute atomic E-state index is 0.140. The summed E-state index contributed by atoms with van der Waals surface area (Å²) in [4.78, 5) is 35.3. The highest BCUT2D eigenvalue weighted by molar-refractivity contribution is 6.08. The molecule has 282 valence electrons. The molecule has 5 aromatic rings. The van der Waals surface area contributed by atoms with Crippen LogP contribution in [0.1, 0.15) is 54.2 Å². The number of aromatic hydroxyl groups is 1. The Labute approximate surface area is 320 Å². The number of aromatic nitrogens is 1. The number of ether oxygens (including phenoxy) is 2. The Morgan fingerprint density at radius 3 is 2.42 bits per heavy atom. The number of carbonyl (C=O) groups excluding carboxylic acids is 2. The number of hydrogen-bond donors (Lipinski definition) is 1. The number of halogens is 1. The lowest BCUT2D eigenvalue weighted by molar-refractivity contribution is 0.0193. The Morgan fingerprint density at radius 2 is 1.71 bits per heavy atom. The number of amides is 2. The van der Waals surface area contributed by atoms with Crippen LogP contribution in [0.15, 0.2) is 84.9 Å². The Hall–Kier alpha value is -5.96. The lowest BCUT2D eigenvalue weighted by Crippen LogP contribution is -2.52. The monoisotopic (exact) mass is 741 g/mol.